The van der Waals surface area contributed by atoms with Crippen LogP contribution in [0.3, 0.4) is 0 Å². The Morgan fingerprint density at radius 2 is 1.40 bits per heavy atom. The second-order valence-electron chi connectivity index (χ2n) is 21.4. The van der Waals surface area contributed by atoms with Crippen LogP contribution in [0.25, 0.3) is 0 Å². The fourth-order valence-electron chi connectivity index (χ4n) is 10.4. The number of carboxylic acid groups (broad SMARTS) is 1. The zero-order valence-corrected chi connectivity index (χ0v) is 48.1. The first kappa shape index (κ1) is 71.2. The normalized spacial score (nSPS) is 37.5. The number of carbonyl (C=O) groups is 3. The Bertz CT molecular complexity index is 2220. The van der Waals surface area contributed by atoms with Gasteiger partial charge in [-0.25, -0.2) is 4.79 Å². The molecule has 1 amide bonds. The van der Waals surface area contributed by atoms with E-state index in [1.54, 1.807) is 24.3 Å². The maximum absolute atomic E-state index is 12.7. The molecular weight excluding hydrogens is 1180 g/mol. The molecule has 1 aromatic rings. The molecule has 26 unspecified atom stereocenters. The Morgan fingerprint density at radius 1 is 0.741 bits per heavy atom. The van der Waals surface area contributed by atoms with Gasteiger partial charge in [-0.1, -0.05) is 34.1 Å². The highest BCUT2D eigenvalue weighted by Crippen LogP contribution is 2.41. The number of amides is 1. The van der Waals surface area contributed by atoms with Gasteiger partial charge < -0.3 is 145 Å². The van der Waals surface area contributed by atoms with Crippen molar-refractivity contribution in [2.24, 2.45) is 5.92 Å². The Labute approximate surface area is 495 Å². The zero-order valence-electron chi connectivity index (χ0n) is 46.5. The van der Waals surface area contributed by atoms with Crippen molar-refractivity contribution in [2.45, 2.75) is 198 Å². The molecule has 1 aromatic carbocycles. The average molecular weight is 1270 g/mol. The number of ether oxygens (including phenoxy) is 9. The quantitative estimate of drug-likeness (QED) is 0.0181. The van der Waals surface area contributed by atoms with Crippen molar-refractivity contribution in [1.29, 1.82) is 0 Å². The topological polar surface area (TPSA) is 514 Å². The molecule has 5 aliphatic rings. The van der Waals surface area contributed by atoms with Crippen molar-refractivity contribution < 1.29 is 144 Å². The van der Waals surface area contributed by atoms with E-state index in [-0.39, 0.29) is 13.3 Å². The second kappa shape index (κ2) is 33.3. The molecule has 0 bridgehead atoms. The van der Waals surface area contributed by atoms with E-state index in [0.717, 1.165) is 33.1 Å². The number of hydrogen-bond donors (Lipinski definition) is 20. The highest BCUT2D eigenvalue weighted by atomic mass is 33.1. The van der Waals surface area contributed by atoms with Crippen molar-refractivity contribution >= 4 is 50.6 Å². The summed E-state index contributed by atoms with van der Waals surface area (Å²) < 4.78 is 51.6. The number of aliphatic carboxylic acids is 1. The summed E-state index contributed by atoms with van der Waals surface area (Å²) in [5, 5.41) is 193. The maximum Gasteiger partial charge on any atom is 0.364 e. The fraction of sp³-hybridized carbons (Fsp3) is 0.824. The molecule has 85 heavy (non-hydrogen) atoms. The van der Waals surface area contributed by atoms with Crippen LogP contribution in [0.1, 0.15) is 46.0 Å². The standard InChI is InChI=1S/C51H83N3O29S2/c1-21(59)33-26(61)13-51(50(73)74,83-45(33)36(66)28(63)15-55)76-19-32-37(67)40(70)41(71)48(79-32)81-44-31(18-58)78-47(34(39(44)69)54-22(2)60)82-46-38(68)30(17-57)77-49(42(46)72)80-43(29(64)16-56)35(65)27(62)14-52-23-6-5-7-24(12-23)53-20-75-10-4-3-8-25-9-11-84-85-25/h5-7,12,25-49,52-53,55-58,61-72H,3-4,8-11,13-20H2,1-2H3,(H,54,60)(H,73,74). The molecule has 5 aliphatic heterocycles. The smallest absolute Gasteiger partial charge is 0.364 e. The number of Topliss-reactive ketones (excluding diaryl/α,β-unsaturated/α-hetero) is 1. The summed E-state index contributed by atoms with van der Waals surface area (Å²) in [6.45, 7) is -2.94. The molecular formula is C51H83N3O29S2. The zero-order chi connectivity index (χ0) is 62.4. The van der Waals surface area contributed by atoms with Gasteiger partial charge in [-0.15, -0.1) is 0 Å². The van der Waals surface area contributed by atoms with Gasteiger partial charge >= 0.3 is 5.97 Å². The van der Waals surface area contributed by atoms with Gasteiger partial charge in [0.05, 0.1) is 51.2 Å². The van der Waals surface area contributed by atoms with Crippen molar-refractivity contribution in [3.05, 3.63) is 24.3 Å². The van der Waals surface area contributed by atoms with Gasteiger partial charge in [0.1, 0.15) is 122 Å². The van der Waals surface area contributed by atoms with E-state index in [1.165, 1.54) is 12.2 Å². The molecule has 20 N–H and O–H groups in total. The third-order valence-electron chi connectivity index (χ3n) is 15.2. The molecule has 0 aliphatic carbocycles. The number of hydrogen-bond acceptors (Lipinski definition) is 32. The Kier molecular flexibility index (Phi) is 27.9. The molecule has 0 spiro atoms. The first-order valence-corrected chi connectivity index (χ1v) is 30.1. The predicted octanol–water partition coefficient (Wildman–Crippen LogP) is -7.26. The molecule has 34 heteroatoms. The predicted molar refractivity (Wildman–Crippen MR) is 290 cm³/mol. The molecule has 6 rings (SSSR count). The van der Waals surface area contributed by atoms with Gasteiger partial charge in [0, 0.05) is 48.9 Å². The molecule has 26 atom stereocenters. The number of aliphatic hydroxyl groups is 16. The summed E-state index contributed by atoms with van der Waals surface area (Å²) >= 11 is 0. The summed E-state index contributed by atoms with van der Waals surface area (Å²) in [7, 11) is 3.85. The van der Waals surface area contributed by atoms with E-state index >= 15 is 0 Å². The van der Waals surface area contributed by atoms with E-state index in [1.807, 2.05) is 21.6 Å². The molecule has 5 heterocycles. The Balaban J connectivity index is 1.11. The van der Waals surface area contributed by atoms with Crippen molar-refractivity contribution in [3.63, 3.8) is 0 Å². The third kappa shape index (κ3) is 18.2. The van der Waals surface area contributed by atoms with Crippen molar-refractivity contribution in [2.75, 3.05) is 69.3 Å². The third-order valence-corrected chi connectivity index (χ3v) is 18.2. The Morgan fingerprint density at radius 3 is 2.02 bits per heavy atom. The summed E-state index contributed by atoms with van der Waals surface area (Å²) in [4.78, 5) is 37.9. The number of aliphatic hydroxyl groups excluding tert-OH is 16. The number of benzene rings is 1. The minimum absolute atomic E-state index is 0.232. The number of anilines is 2. The molecule has 488 valence electrons. The number of carbonyl (C=O) groups excluding carboxylic acids is 2. The summed E-state index contributed by atoms with van der Waals surface area (Å²) in [6.07, 6.45) is -40.9. The van der Waals surface area contributed by atoms with Gasteiger partial charge in [-0.05, 0) is 44.4 Å². The van der Waals surface area contributed by atoms with Gasteiger partial charge in [-0.3, -0.25) is 9.59 Å². The fourth-order valence-corrected chi connectivity index (χ4v) is 13.5. The average Bonchev–Trinajstić information content (AvgIpc) is 1.73. The van der Waals surface area contributed by atoms with E-state index in [2.05, 4.69) is 16.0 Å². The van der Waals surface area contributed by atoms with Gasteiger partial charge in [0.2, 0.25) is 5.91 Å². The van der Waals surface area contributed by atoms with Crippen LogP contribution >= 0.6 is 21.6 Å². The van der Waals surface area contributed by atoms with Gasteiger partial charge in [-0.2, -0.15) is 0 Å². The van der Waals surface area contributed by atoms with E-state index in [4.69, 9.17) is 42.6 Å². The SMILES string of the molecule is CC(=O)NC1C(OC2C(O)C(CO)OC(OC(C(O)CO)C(O)C(O)CNc3cccc(NCOCCCCC4CCSS4)c3)C2O)OC(CO)C(OC2OC(COC3(C(=O)O)CC(O)C(C(C)=O)C(C(O)C(O)CO)O3)C(O)C(O)C2O)C1O. The lowest BCUT2D eigenvalue weighted by atomic mass is 9.81. The van der Waals surface area contributed by atoms with E-state index in [9.17, 15) is 101 Å². The van der Waals surface area contributed by atoms with Crippen LogP contribution < -0.4 is 16.0 Å². The number of unbranched alkanes of at least 4 members (excludes halogenated alkanes) is 1. The molecule has 5 saturated heterocycles. The first-order valence-electron chi connectivity index (χ1n) is 27.7. The van der Waals surface area contributed by atoms with Crippen LogP contribution in [0, 0.1) is 5.92 Å². The number of nitrogens with one attached hydrogen (secondary N) is 3. The van der Waals surface area contributed by atoms with Crippen LogP contribution in [0.2, 0.25) is 0 Å². The van der Waals surface area contributed by atoms with E-state index in [0.29, 0.717) is 23.2 Å². The van der Waals surface area contributed by atoms with Crippen LogP contribution in [0.5, 0.6) is 0 Å². The summed E-state index contributed by atoms with van der Waals surface area (Å²) in [5.41, 5.74) is 1.16. The van der Waals surface area contributed by atoms with Crippen molar-refractivity contribution in [1.82, 2.24) is 5.32 Å². The summed E-state index contributed by atoms with van der Waals surface area (Å²) in [6, 6.07) is 5.05. The lowest BCUT2D eigenvalue weighted by Gasteiger charge is -2.49. The van der Waals surface area contributed by atoms with E-state index < -0.39 is 210 Å². The lowest BCUT2D eigenvalue weighted by molar-refractivity contribution is -0.376. The van der Waals surface area contributed by atoms with Crippen LogP contribution in [-0.4, -0.2) is 315 Å². The van der Waals surface area contributed by atoms with Gasteiger partial charge in [0.15, 0.2) is 18.9 Å². The monoisotopic (exact) mass is 1270 g/mol. The van der Waals surface area contributed by atoms with Crippen LogP contribution in [0.4, 0.5) is 11.4 Å². The van der Waals surface area contributed by atoms with Crippen LogP contribution in [0.15, 0.2) is 24.3 Å². The second-order valence-corrected chi connectivity index (χ2v) is 24.2. The largest absolute Gasteiger partial charge is 0.477 e. The minimum Gasteiger partial charge on any atom is -0.477 e. The molecule has 0 radical (unpaired) electrons. The summed E-state index contributed by atoms with van der Waals surface area (Å²) in [5.74, 6) is -7.08. The number of rotatable bonds is 32. The highest BCUT2D eigenvalue weighted by molar-refractivity contribution is 8.77. The van der Waals surface area contributed by atoms with Gasteiger partial charge in [0.25, 0.3) is 5.79 Å². The molecule has 0 saturated carbocycles. The number of ketones is 1. The maximum atomic E-state index is 12.7. The van der Waals surface area contributed by atoms with Crippen LogP contribution in [-0.2, 0) is 57.0 Å². The lowest BCUT2D eigenvalue weighted by Crippen LogP contribution is -2.69. The molecule has 0 aromatic heterocycles. The highest BCUT2D eigenvalue weighted by Gasteiger charge is 2.59. The Hall–Kier alpha value is -2.87. The minimum atomic E-state index is -2.98. The first-order chi connectivity index (χ1) is 40.4. The molecule has 5 fully saturated rings. The number of carboxylic acids is 1. The molecule has 32 nitrogen and oxygen atoms in total. The van der Waals surface area contributed by atoms with Crippen molar-refractivity contribution in [3.8, 4) is 0 Å².